The zero-order chi connectivity index (χ0) is 9.19. The summed E-state index contributed by atoms with van der Waals surface area (Å²) in [6, 6.07) is 0.548. The molecule has 1 saturated heterocycles. The van der Waals surface area contributed by atoms with E-state index in [9.17, 15) is 0 Å². The maximum absolute atomic E-state index is 4.42. The molecule has 0 aromatic heterocycles. The van der Waals surface area contributed by atoms with Crippen LogP contribution in [-0.2, 0) is 0 Å². The second kappa shape index (κ2) is 3.84. The summed E-state index contributed by atoms with van der Waals surface area (Å²) in [6.45, 7) is 7.70. The van der Waals surface area contributed by atoms with Crippen LogP contribution in [0.3, 0.4) is 0 Å². The third-order valence-electron chi connectivity index (χ3n) is 1.97. The molecule has 0 saturated carbocycles. The molecular weight excluding hydrogens is 166 g/mol. The summed E-state index contributed by atoms with van der Waals surface area (Å²) in [5.74, 6) is 0. The summed E-state index contributed by atoms with van der Waals surface area (Å²) < 4.78 is 0. The van der Waals surface area contributed by atoms with Gasteiger partial charge in [-0.25, -0.2) is 0 Å². The summed E-state index contributed by atoms with van der Waals surface area (Å²) in [5, 5.41) is 3.96. The lowest BCUT2D eigenvalue weighted by molar-refractivity contribution is 0.538. The second-order valence-electron chi connectivity index (χ2n) is 4.63. The molecule has 0 spiro atoms. The summed E-state index contributed by atoms with van der Waals surface area (Å²) in [7, 11) is 0. The molecular formula is C10H19NS. The minimum atomic E-state index is 0.302. The fourth-order valence-electron chi connectivity index (χ4n) is 1.30. The summed E-state index contributed by atoms with van der Waals surface area (Å²) in [5.41, 5.74) is 0.302. The molecule has 1 heterocycles. The smallest absolute Gasteiger partial charge is 0.0261 e. The highest BCUT2D eigenvalue weighted by atomic mass is 32.1. The van der Waals surface area contributed by atoms with E-state index in [1.807, 2.05) is 0 Å². The third-order valence-corrected chi connectivity index (χ3v) is 2.36. The normalized spacial score (nSPS) is 31.7. The average molecular weight is 185 g/mol. The highest BCUT2D eigenvalue weighted by Gasteiger charge is 2.19. The summed E-state index contributed by atoms with van der Waals surface area (Å²) >= 11 is 4.42. The lowest BCUT2D eigenvalue weighted by Gasteiger charge is -2.13. The van der Waals surface area contributed by atoms with Gasteiger partial charge in [0.05, 0.1) is 0 Å². The van der Waals surface area contributed by atoms with E-state index < -0.39 is 0 Å². The first-order valence-corrected chi connectivity index (χ1v) is 5.10. The van der Waals surface area contributed by atoms with Crippen molar-refractivity contribution in [3.63, 3.8) is 0 Å². The van der Waals surface area contributed by atoms with Crippen LogP contribution in [-0.4, -0.2) is 17.8 Å². The van der Waals surface area contributed by atoms with E-state index in [0.29, 0.717) is 16.7 Å². The Kier molecular flexibility index (Phi) is 3.24. The van der Waals surface area contributed by atoms with Gasteiger partial charge in [0.15, 0.2) is 0 Å². The summed E-state index contributed by atoms with van der Waals surface area (Å²) in [4.78, 5) is 0. The van der Waals surface area contributed by atoms with Gasteiger partial charge >= 0.3 is 0 Å². The minimum Gasteiger partial charge on any atom is -0.309 e. The molecule has 2 unspecified atom stereocenters. The van der Waals surface area contributed by atoms with E-state index in [1.165, 1.54) is 0 Å². The zero-order valence-corrected chi connectivity index (χ0v) is 9.07. The molecule has 0 aliphatic carbocycles. The molecule has 0 aromatic rings. The predicted octanol–water partition coefficient (Wildman–Crippen LogP) is 2.25. The molecule has 2 heteroatoms. The van der Waals surface area contributed by atoms with Gasteiger partial charge in [0.1, 0.15) is 0 Å². The van der Waals surface area contributed by atoms with Gasteiger partial charge in [-0.2, -0.15) is 12.6 Å². The van der Waals surface area contributed by atoms with Crippen LogP contribution < -0.4 is 5.32 Å². The Morgan fingerprint density at radius 2 is 2.08 bits per heavy atom. The van der Waals surface area contributed by atoms with Gasteiger partial charge in [0.25, 0.3) is 0 Å². The lowest BCUT2D eigenvalue weighted by atomic mass is 9.95. The first-order valence-electron chi connectivity index (χ1n) is 4.58. The standard InChI is InChI=1S/C10H19NS/c1-10(2,3)5-4-8-6-9(12)7-11-8/h4-5,8-9,11-12H,6-7H2,1-3H3/b5-4+. The van der Waals surface area contributed by atoms with Crippen LogP contribution in [0.4, 0.5) is 0 Å². The molecule has 1 N–H and O–H groups in total. The second-order valence-corrected chi connectivity index (χ2v) is 5.36. The van der Waals surface area contributed by atoms with Crippen LogP contribution in [0.5, 0.6) is 0 Å². The Morgan fingerprint density at radius 3 is 2.50 bits per heavy atom. The number of rotatable bonds is 1. The van der Waals surface area contributed by atoms with Crippen LogP contribution >= 0.6 is 12.6 Å². The van der Waals surface area contributed by atoms with Gasteiger partial charge in [-0.15, -0.1) is 0 Å². The van der Waals surface area contributed by atoms with Gasteiger partial charge in [-0.3, -0.25) is 0 Å². The predicted molar refractivity (Wildman–Crippen MR) is 57.8 cm³/mol. The van der Waals surface area contributed by atoms with E-state index in [1.54, 1.807) is 0 Å². The molecule has 0 aromatic carbocycles. The number of allylic oxidation sites excluding steroid dienone is 1. The van der Waals surface area contributed by atoms with E-state index in [2.05, 4.69) is 50.9 Å². The fourth-order valence-corrected chi connectivity index (χ4v) is 1.63. The molecule has 0 radical (unpaired) electrons. The van der Waals surface area contributed by atoms with Gasteiger partial charge in [0.2, 0.25) is 0 Å². The Hall–Kier alpha value is 0.0500. The van der Waals surface area contributed by atoms with E-state index in [4.69, 9.17) is 0 Å². The first kappa shape index (κ1) is 10.1. The maximum atomic E-state index is 4.42. The van der Waals surface area contributed by atoms with E-state index in [0.717, 1.165) is 13.0 Å². The van der Waals surface area contributed by atoms with Gasteiger partial charge < -0.3 is 5.32 Å². The van der Waals surface area contributed by atoms with Crippen LogP contribution in [0.2, 0.25) is 0 Å². The first-order chi connectivity index (χ1) is 5.47. The molecule has 1 aliphatic rings. The van der Waals surface area contributed by atoms with Gasteiger partial charge in [0, 0.05) is 17.8 Å². The maximum Gasteiger partial charge on any atom is 0.0261 e. The molecule has 1 rings (SSSR count). The molecule has 1 aliphatic heterocycles. The Balaban J connectivity index is 2.37. The van der Waals surface area contributed by atoms with Gasteiger partial charge in [-0.05, 0) is 11.8 Å². The molecule has 2 atom stereocenters. The van der Waals surface area contributed by atoms with Crippen LogP contribution in [0.1, 0.15) is 27.2 Å². The van der Waals surface area contributed by atoms with Crippen molar-refractivity contribution in [2.45, 2.75) is 38.5 Å². The van der Waals surface area contributed by atoms with Crippen molar-refractivity contribution in [3.05, 3.63) is 12.2 Å². The van der Waals surface area contributed by atoms with Crippen LogP contribution in [0, 0.1) is 5.41 Å². The highest BCUT2D eigenvalue weighted by Crippen LogP contribution is 2.18. The fraction of sp³-hybridized carbons (Fsp3) is 0.800. The molecule has 70 valence electrons. The van der Waals surface area contributed by atoms with Crippen LogP contribution in [0.25, 0.3) is 0 Å². The Labute approximate surface area is 81.0 Å². The lowest BCUT2D eigenvalue weighted by Crippen LogP contribution is -2.19. The SMILES string of the molecule is CC(C)(C)/C=C/C1CC(S)CN1. The van der Waals surface area contributed by atoms with Crippen molar-refractivity contribution in [3.8, 4) is 0 Å². The number of hydrogen-bond donors (Lipinski definition) is 2. The molecule has 12 heavy (non-hydrogen) atoms. The average Bonchev–Trinajstić information content (AvgIpc) is 2.30. The van der Waals surface area contributed by atoms with Crippen molar-refractivity contribution in [2.24, 2.45) is 5.41 Å². The molecule has 0 bridgehead atoms. The van der Waals surface area contributed by atoms with Crippen molar-refractivity contribution >= 4 is 12.6 Å². The van der Waals surface area contributed by atoms with Crippen molar-refractivity contribution < 1.29 is 0 Å². The Bertz CT molecular complexity index is 169. The van der Waals surface area contributed by atoms with Crippen molar-refractivity contribution in [1.29, 1.82) is 0 Å². The van der Waals surface area contributed by atoms with Gasteiger partial charge in [-0.1, -0.05) is 32.9 Å². The third kappa shape index (κ3) is 3.63. The quantitative estimate of drug-likeness (QED) is 0.472. The Morgan fingerprint density at radius 1 is 1.42 bits per heavy atom. The number of nitrogens with one attached hydrogen (secondary N) is 1. The monoisotopic (exact) mass is 185 g/mol. The number of thiol groups is 1. The molecule has 0 amide bonds. The topological polar surface area (TPSA) is 12.0 Å². The summed E-state index contributed by atoms with van der Waals surface area (Å²) in [6.07, 6.45) is 5.71. The largest absolute Gasteiger partial charge is 0.309 e. The highest BCUT2D eigenvalue weighted by molar-refractivity contribution is 7.81. The van der Waals surface area contributed by atoms with Crippen molar-refractivity contribution in [2.75, 3.05) is 6.54 Å². The minimum absolute atomic E-state index is 0.302. The molecule has 1 fully saturated rings. The van der Waals surface area contributed by atoms with E-state index in [-0.39, 0.29) is 0 Å². The van der Waals surface area contributed by atoms with Crippen LogP contribution in [0.15, 0.2) is 12.2 Å². The molecule has 1 nitrogen and oxygen atoms in total. The van der Waals surface area contributed by atoms with E-state index >= 15 is 0 Å². The number of hydrogen-bond acceptors (Lipinski definition) is 2. The van der Waals surface area contributed by atoms with Crippen molar-refractivity contribution in [1.82, 2.24) is 5.32 Å². The zero-order valence-electron chi connectivity index (χ0n) is 8.17.